The van der Waals surface area contributed by atoms with E-state index in [0.29, 0.717) is 34.4 Å². The van der Waals surface area contributed by atoms with Gasteiger partial charge in [-0.3, -0.25) is 9.36 Å². The van der Waals surface area contributed by atoms with Crippen molar-refractivity contribution in [3.63, 3.8) is 0 Å². The zero-order chi connectivity index (χ0) is 27.2. The molecule has 0 radical (unpaired) electrons. The number of carbonyl (C=O) groups excluding carboxylic acids is 1. The fraction of sp³-hybridized carbons (Fsp3) is 0.520. The Labute approximate surface area is 228 Å². The van der Waals surface area contributed by atoms with Gasteiger partial charge in [0.25, 0.3) is 0 Å². The number of hydrogen-bond donors (Lipinski definition) is 1. The van der Waals surface area contributed by atoms with Crippen LogP contribution < -0.4 is 14.3 Å². The summed E-state index contributed by atoms with van der Waals surface area (Å²) in [5.41, 5.74) is 1.23. The summed E-state index contributed by atoms with van der Waals surface area (Å²) in [7, 11) is -0.0477. The van der Waals surface area contributed by atoms with Gasteiger partial charge in [0.15, 0.2) is 11.2 Å². The summed E-state index contributed by atoms with van der Waals surface area (Å²) < 4.78 is 31.1. The standard InChI is InChI=1S/C25H33ClN5O6P/c1-15(2)35-21(32)11-17(4)30-38(37-19-8-6-18(26)7-9-19)34-12-20-10-16(3)25(36-20)31-14-29-22-23(31)27-13-28-24(22)33-5/h6-9,13-17,20,25,30H,10-12H2,1-5H3. The topological polar surface area (TPSA) is 119 Å². The summed E-state index contributed by atoms with van der Waals surface area (Å²) in [6.07, 6.45) is 3.47. The van der Waals surface area contributed by atoms with E-state index < -0.39 is 8.53 Å². The second-order valence-electron chi connectivity index (χ2n) is 9.44. The number of aromatic nitrogens is 4. The first-order chi connectivity index (χ1) is 18.2. The summed E-state index contributed by atoms with van der Waals surface area (Å²) in [6, 6.07) is 6.79. The second kappa shape index (κ2) is 13.0. The van der Waals surface area contributed by atoms with Crippen LogP contribution >= 0.6 is 20.1 Å². The molecule has 5 atom stereocenters. The molecule has 2 aromatic heterocycles. The molecular formula is C25H33ClN5O6P. The molecule has 3 aromatic rings. The van der Waals surface area contributed by atoms with Gasteiger partial charge in [0.2, 0.25) is 5.88 Å². The molecule has 38 heavy (non-hydrogen) atoms. The zero-order valence-electron chi connectivity index (χ0n) is 22.0. The number of benzene rings is 1. The molecular weight excluding hydrogens is 533 g/mol. The van der Waals surface area contributed by atoms with Crippen molar-refractivity contribution in [2.45, 2.75) is 65.0 Å². The lowest BCUT2D eigenvalue weighted by molar-refractivity contribution is -0.147. The fourth-order valence-corrected chi connectivity index (χ4v) is 5.52. The van der Waals surface area contributed by atoms with Crippen molar-refractivity contribution in [1.82, 2.24) is 24.6 Å². The van der Waals surface area contributed by atoms with E-state index >= 15 is 0 Å². The van der Waals surface area contributed by atoms with E-state index in [1.165, 1.54) is 6.33 Å². The predicted octanol–water partition coefficient (Wildman–Crippen LogP) is 5.05. The second-order valence-corrected chi connectivity index (χ2v) is 11.1. The van der Waals surface area contributed by atoms with Crippen LogP contribution in [0.25, 0.3) is 11.2 Å². The van der Waals surface area contributed by atoms with Crippen molar-refractivity contribution in [3.8, 4) is 11.6 Å². The van der Waals surface area contributed by atoms with Crippen LogP contribution in [0, 0.1) is 5.92 Å². The molecule has 1 aromatic carbocycles. The summed E-state index contributed by atoms with van der Waals surface area (Å²) in [5.74, 6) is 0.914. The number of imidazole rings is 1. The van der Waals surface area contributed by atoms with Gasteiger partial charge in [-0.15, -0.1) is 0 Å². The number of fused-ring (bicyclic) bond motifs is 1. The number of hydrogen-bond acceptors (Lipinski definition) is 10. The third-order valence-corrected chi connectivity index (χ3v) is 7.46. The van der Waals surface area contributed by atoms with Crippen molar-refractivity contribution in [1.29, 1.82) is 0 Å². The number of nitrogens with one attached hydrogen (secondary N) is 1. The summed E-state index contributed by atoms with van der Waals surface area (Å²) >= 11 is 6.02. The fourth-order valence-electron chi connectivity index (χ4n) is 4.15. The Bertz CT molecular complexity index is 1210. The monoisotopic (exact) mass is 565 g/mol. The molecule has 1 saturated heterocycles. The van der Waals surface area contributed by atoms with Crippen molar-refractivity contribution in [2.24, 2.45) is 5.92 Å². The Morgan fingerprint density at radius 2 is 2.00 bits per heavy atom. The first-order valence-electron chi connectivity index (χ1n) is 12.4. The van der Waals surface area contributed by atoms with Crippen LogP contribution in [0.1, 0.15) is 46.8 Å². The first-order valence-corrected chi connectivity index (χ1v) is 14.0. The van der Waals surface area contributed by atoms with Crippen molar-refractivity contribution < 1.29 is 28.1 Å². The quantitative estimate of drug-likeness (QED) is 0.236. The normalized spacial score (nSPS) is 21.0. The lowest BCUT2D eigenvalue weighted by Gasteiger charge is -2.24. The third-order valence-electron chi connectivity index (χ3n) is 5.79. The van der Waals surface area contributed by atoms with E-state index in [1.54, 1.807) is 37.7 Å². The molecule has 0 aliphatic carbocycles. The Hall–Kier alpha value is -2.56. The highest BCUT2D eigenvalue weighted by Crippen LogP contribution is 2.41. The summed E-state index contributed by atoms with van der Waals surface area (Å²) in [4.78, 5) is 25.1. The minimum atomic E-state index is -1.60. The number of esters is 1. The van der Waals surface area contributed by atoms with Gasteiger partial charge in [0, 0.05) is 17.0 Å². The van der Waals surface area contributed by atoms with Gasteiger partial charge in [-0.1, -0.05) is 18.5 Å². The van der Waals surface area contributed by atoms with Crippen LogP contribution in [-0.4, -0.2) is 57.5 Å². The summed E-state index contributed by atoms with van der Waals surface area (Å²) in [6.45, 7) is 7.93. The maximum absolute atomic E-state index is 12.1. The maximum atomic E-state index is 12.1. The minimum absolute atomic E-state index is 0.174. The van der Waals surface area contributed by atoms with Crippen molar-refractivity contribution in [3.05, 3.63) is 41.9 Å². The Balaban J connectivity index is 1.40. The Kier molecular flexibility index (Phi) is 9.73. The minimum Gasteiger partial charge on any atom is -0.479 e. The van der Waals surface area contributed by atoms with Crippen molar-refractivity contribution >= 4 is 37.3 Å². The number of ether oxygens (including phenoxy) is 3. The van der Waals surface area contributed by atoms with Crippen molar-refractivity contribution in [2.75, 3.05) is 13.7 Å². The lowest BCUT2D eigenvalue weighted by atomic mass is 10.1. The SMILES string of the molecule is COc1ncnc2c1ncn2C1OC(COP(NC(C)CC(=O)OC(C)C)Oc2ccc(Cl)cc2)CC1C. The number of methoxy groups -OCH3 is 1. The molecule has 206 valence electrons. The lowest BCUT2D eigenvalue weighted by Crippen LogP contribution is -2.29. The highest BCUT2D eigenvalue weighted by atomic mass is 35.5. The molecule has 1 aliphatic rings. The molecule has 11 nitrogen and oxygen atoms in total. The molecule has 1 aliphatic heterocycles. The maximum Gasteiger partial charge on any atom is 0.318 e. The summed E-state index contributed by atoms with van der Waals surface area (Å²) in [5, 5.41) is 3.89. The molecule has 5 unspecified atom stereocenters. The number of nitrogens with zero attached hydrogens (tertiary/aromatic N) is 4. The highest BCUT2D eigenvalue weighted by molar-refractivity contribution is 7.45. The van der Waals surface area contributed by atoms with Gasteiger partial charge in [0.1, 0.15) is 18.3 Å². The molecule has 0 amide bonds. The molecule has 0 bridgehead atoms. The molecule has 1 N–H and O–H groups in total. The number of halogens is 1. The number of carbonyl (C=O) groups is 1. The average Bonchev–Trinajstić information content (AvgIpc) is 3.46. The van der Waals surface area contributed by atoms with E-state index in [9.17, 15) is 4.79 Å². The van der Waals surface area contributed by atoms with E-state index in [2.05, 4.69) is 27.0 Å². The van der Waals surface area contributed by atoms with Crippen LogP contribution in [0.2, 0.25) is 5.02 Å². The van der Waals surface area contributed by atoms with Crippen LogP contribution in [0.4, 0.5) is 0 Å². The molecule has 13 heteroatoms. The van der Waals surface area contributed by atoms with Gasteiger partial charge in [-0.25, -0.2) is 15.1 Å². The smallest absolute Gasteiger partial charge is 0.318 e. The molecule has 3 heterocycles. The van der Waals surface area contributed by atoms with Crippen LogP contribution in [-0.2, 0) is 18.8 Å². The van der Waals surface area contributed by atoms with Gasteiger partial charge in [-0.2, -0.15) is 4.98 Å². The van der Waals surface area contributed by atoms with E-state index in [4.69, 9.17) is 34.9 Å². The van der Waals surface area contributed by atoms with Gasteiger partial charge < -0.3 is 23.3 Å². The van der Waals surface area contributed by atoms with Gasteiger partial charge in [-0.05, 0) is 51.5 Å². The van der Waals surface area contributed by atoms with E-state index in [1.807, 2.05) is 25.3 Å². The largest absolute Gasteiger partial charge is 0.479 e. The molecule has 4 rings (SSSR count). The van der Waals surface area contributed by atoms with Gasteiger partial charge >= 0.3 is 14.5 Å². The zero-order valence-corrected chi connectivity index (χ0v) is 23.7. The van der Waals surface area contributed by atoms with E-state index in [-0.39, 0.29) is 42.8 Å². The third kappa shape index (κ3) is 7.30. The van der Waals surface area contributed by atoms with Crippen LogP contribution in [0.5, 0.6) is 11.6 Å². The van der Waals surface area contributed by atoms with E-state index in [0.717, 1.165) is 6.42 Å². The molecule has 1 fully saturated rings. The first kappa shape index (κ1) is 28.4. The molecule has 0 spiro atoms. The Morgan fingerprint density at radius 3 is 2.71 bits per heavy atom. The molecule has 0 saturated carbocycles. The van der Waals surface area contributed by atoms with Gasteiger partial charge in [0.05, 0.1) is 38.7 Å². The average molecular weight is 566 g/mol. The van der Waals surface area contributed by atoms with Crippen LogP contribution in [0.15, 0.2) is 36.9 Å². The number of rotatable bonds is 12. The highest BCUT2D eigenvalue weighted by Gasteiger charge is 2.36. The Morgan fingerprint density at radius 1 is 1.24 bits per heavy atom. The van der Waals surface area contributed by atoms with Crippen LogP contribution in [0.3, 0.4) is 0 Å². The predicted molar refractivity (Wildman–Crippen MR) is 143 cm³/mol.